The molecule has 7 heteroatoms. The van der Waals surface area contributed by atoms with Gasteiger partial charge in [-0.3, -0.25) is 4.99 Å². The van der Waals surface area contributed by atoms with Crippen molar-refractivity contribution in [1.29, 1.82) is 0 Å². The Balaban J connectivity index is 1.89. The van der Waals surface area contributed by atoms with E-state index in [1.807, 2.05) is 13.0 Å². The minimum Gasteiger partial charge on any atom is -0.323 e. The first kappa shape index (κ1) is 14.2. The molecule has 0 saturated carbocycles. The number of nitrogens with two attached hydrogens (primary N) is 1. The van der Waals surface area contributed by atoms with E-state index in [1.54, 1.807) is 0 Å². The number of nitrogens with zero attached hydrogens (tertiary/aromatic N) is 2. The zero-order chi connectivity index (χ0) is 15.2. The van der Waals surface area contributed by atoms with Crippen molar-refractivity contribution in [3.05, 3.63) is 46.0 Å². The average molecular weight is 311 g/mol. The highest BCUT2D eigenvalue weighted by molar-refractivity contribution is 7.08. The van der Waals surface area contributed by atoms with Crippen LogP contribution in [0.4, 0.5) is 18.9 Å². The predicted molar refractivity (Wildman–Crippen MR) is 76.1 cm³/mol. The van der Waals surface area contributed by atoms with E-state index in [0.717, 1.165) is 22.3 Å². The topological polar surface area (TPSA) is 51.3 Å². The normalized spacial score (nSPS) is 15.8. The van der Waals surface area contributed by atoms with Crippen molar-refractivity contribution in [3.63, 3.8) is 0 Å². The summed E-state index contributed by atoms with van der Waals surface area (Å²) in [5.41, 5.74) is 7.81. The highest BCUT2D eigenvalue weighted by atomic mass is 32.1. The van der Waals surface area contributed by atoms with E-state index < -0.39 is 11.7 Å². The Labute approximate surface area is 123 Å². The van der Waals surface area contributed by atoms with Gasteiger partial charge in [0.25, 0.3) is 0 Å². The Kier molecular flexibility index (Phi) is 3.33. The van der Waals surface area contributed by atoms with Gasteiger partial charge in [0.15, 0.2) is 0 Å². The van der Waals surface area contributed by atoms with Crippen LogP contribution in [0, 0.1) is 0 Å². The second-order valence-electron chi connectivity index (χ2n) is 4.98. The Morgan fingerprint density at radius 1 is 1.29 bits per heavy atom. The third kappa shape index (κ3) is 2.71. The fourth-order valence-electron chi connectivity index (χ4n) is 2.16. The molecular formula is C14H12F3N3S. The average Bonchev–Trinajstić information content (AvgIpc) is 3.03. The lowest BCUT2D eigenvalue weighted by Gasteiger charge is -2.07. The molecule has 3 nitrogen and oxygen atoms in total. The smallest absolute Gasteiger partial charge is 0.323 e. The van der Waals surface area contributed by atoms with Crippen LogP contribution in [0.15, 0.2) is 29.3 Å². The summed E-state index contributed by atoms with van der Waals surface area (Å²) in [6.07, 6.45) is -3.94. The van der Waals surface area contributed by atoms with Crippen molar-refractivity contribution < 1.29 is 13.2 Å². The Morgan fingerprint density at radius 3 is 2.67 bits per heavy atom. The molecule has 1 aromatic heterocycles. The minimum absolute atomic E-state index is 0.170. The monoisotopic (exact) mass is 311 g/mol. The molecule has 1 aromatic carbocycles. The summed E-state index contributed by atoms with van der Waals surface area (Å²) >= 11 is 1.27. The summed E-state index contributed by atoms with van der Waals surface area (Å²) < 4.78 is 42.4. The summed E-state index contributed by atoms with van der Waals surface area (Å²) in [6.45, 7) is 1.83. The number of hydrogen-bond acceptors (Lipinski definition) is 4. The number of hydrogen-bond donors (Lipinski definition) is 1. The fraction of sp³-hybridized carbons (Fsp3) is 0.286. The molecule has 0 unspecified atom stereocenters. The van der Waals surface area contributed by atoms with Crippen LogP contribution >= 0.6 is 11.5 Å². The first-order valence-corrected chi connectivity index (χ1v) is 7.12. The summed E-state index contributed by atoms with van der Waals surface area (Å²) in [5, 5.41) is 0. The maximum Gasteiger partial charge on any atom is 0.416 e. The van der Waals surface area contributed by atoms with Gasteiger partial charge in [0, 0.05) is 12.5 Å². The van der Waals surface area contributed by atoms with Crippen molar-refractivity contribution in [2.24, 2.45) is 10.7 Å². The van der Waals surface area contributed by atoms with Crippen LogP contribution in [-0.2, 0) is 12.6 Å². The zero-order valence-electron chi connectivity index (χ0n) is 11.1. The molecule has 110 valence electrons. The molecule has 0 fully saturated rings. The summed E-state index contributed by atoms with van der Waals surface area (Å²) in [7, 11) is 0. The van der Waals surface area contributed by atoms with E-state index in [-0.39, 0.29) is 6.04 Å². The molecule has 0 amide bonds. The van der Waals surface area contributed by atoms with Gasteiger partial charge in [-0.1, -0.05) is 0 Å². The number of alkyl halides is 3. The standard InChI is InChI=1S/C14H12F3N3S/c1-7(18)11-6-13(21-20-11)12-5-8-4-9(14(15,16)17)2-3-10(8)19-12/h2-4,6-7H,5,18H2,1H3/t7-/m1/s1. The van der Waals surface area contributed by atoms with Crippen molar-refractivity contribution in [1.82, 2.24) is 4.37 Å². The first-order valence-electron chi connectivity index (χ1n) is 6.35. The van der Waals surface area contributed by atoms with Gasteiger partial charge in [-0.05, 0) is 48.3 Å². The van der Waals surface area contributed by atoms with Crippen LogP contribution in [0.2, 0.25) is 0 Å². The molecule has 1 aliphatic rings. The lowest BCUT2D eigenvalue weighted by atomic mass is 10.1. The van der Waals surface area contributed by atoms with Crippen LogP contribution in [0.25, 0.3) is 0 Å². The maximum atomic E-state index is 12.7. The molecule has 0 spiro atoms. The molecular weight excluding hydrogens is 299 g/mol. The Morgan fingerprint density at radius 2 is 2.05 bits per heavy atom. The second kappa shape index (κ2) is 4.92. The van der Waals surface area contributed by atoms with Crippen LogP contribution in [0.3, 0.4) is 0 Å². The lowest BCUT2D eigenvalue weighted by Crippen LogP contribution is -2.06. The Hall–Kier alpha value is -1.73. The van der Waals surface area contributed by atoms with Crippen molar-refractivity contribution >= 4 is 22.9 Å². The molecule has 21 heavy (non-hydrogen) atoms. The summed E-state index contributed by atoms with van der Waals surface area (Å²) in [4.78, 5) is 5.25. The first-order chi connectivity index (χ1) is 9.84. The van der Waals surface area contributed by atoms with Crippen molar-refractivity contribution in [2.75, 3.05) is 0 Å². The molecule has 0 saturated heterocycles. The van der Waals surface area contributed by atoms with E-state index in [1.165, 1.54) is 23.7 Å². The van der Waals surface area contributed by atoms with Gasteiger partial charge in [-0.15, -0.1) is 0 Å². The van der Waals surface area contributed by atoms with Crippen LogP contribution < -0.4 is 5.73 Å². The second-order valence-corrected chi connectivity index (χ2v) is 5.79. The largest absolute Gasteiger partial charge is 0.416 e. The summed E-state index contributed by atoms with van der Waals surface area (Å²) in [6, 6.07) is 5.32. The quantitative estimate of drug-likeness (QED) is 0.915. The number of fused-ring (bicyclic) bond motifs is 1. The van der Waals surface area contributed by atoms with Crippen molar-refractivity contribution in [3.8, 4) is 0 Å². The van der Waals surface area contributed by atoms with Crippen LogP contribution in [-0.4, -0.2) is 10.1 Å². The number of rotatable bonds is 2. The van der Waals surface area contributed by atoms with Gasteiger partial charge in [0.1, 0.15) is 0 Å². The summed E-state index contributed by atoms with van der Waals surface area (Å²) in [5.74, 6) is 0. The van der Waals surface area contributed by atoms with Gasteiger partial charge >= 0.3 is 6.18 Å². The third-order valence-corrected chi connectivity index (χ3v) is 4.15. The highest BCUT2D eigenvalue weighted by Gasteiger charge is 2.32. The predicted octanol–water partition coefficient (Wildman–Crippen LogP) is 3.86. The van der Waals surface area contributed by atoms with Crippen LogP contribution in [0.5, 0.6) is 0 Å². The molecule has 0 bridgehead atoms. The van der Waals surface area contributed by atoms with E-state index in [0.29, 0.717) is 17.7 Å². The van der Waals surface area contributed by atoms with E-state index in [9.17, 15) is 13.2 Å². The number of halogens is 3. The maximum absolute atomic E-state index is 12.7. The lowest BCUT2D eigenvalue weighted by molar-refractivity contribution is -0.137. The molecule has 2 N–H and O–H groups in total. The SMILES string of the molecule is C[C@@H](N)c1cc(C2=Nc3ccc(C(F)(F)F)cc3C2)sn1. The van der Waals surface area contributed by atoms with E-state index in [4.69, 9.17) is 5.73 Å². The van der Waals surface area contributed by atoms with Crippen LogP contribution in [0.1, 0.15) is 34.7 Å². The fourth-order valence-corrected chi connectivity index (χ4v) is 2.98. The highest BCUT2D eigenvalue weighted by Crippen LogP contribution is 2.36. The van der Waals surface area contributed by atoms with Gasteiger partial charge in [-0.2, -0.15) is 17.5 Å². The molecule has 2 heterocycles. The van der Waals surface area contributed by atoms with Gasteiger partial charge in [0.2, 0.25) is 0 Å². The van der Waals surface area contributed by atoms with Gasteiger partial charge in [0.05, 0.1) is 27.5 Å². The molecule has 1 atom stereocenters. The van der Waals surface area contributed by atoms with E-state index >= 15 is 0 Å². The number of aromatic nitrogens is 1. The molecule has 3 rings (SSSR count). The number of benzene rings is 1. The Bertz CT molecular complexity index is 716. The molecule has 1 aliphatic heterocycles. The van der Waals surface area contributed by atoms with E-state index in [2.05, 4.69) is 9.37 Å². The molecule has 2 aromatic rings. The molecule has 0 radical (unpaired) electrons. The van der Waals surface area contributed by atoms with Crippen molar-refractivity contribution in [2.45, 2.75) is 25.6 Å². The van der Waals surface area contributed by atoms with Gasteiger partial charge in [-0.25, -0.2) is 0 Å². The zero-order valence-corrected chi connectivity index (χ0v) is 11.9. The third-order valence-electron chi connectivity index (χ3n) is 3.30. The number of aliphatic imine (C=N–C) groups is 1. The van der Waals surface area contributed by atoms with Gasteiger partial charge < -0.3 is 5.73 Å². The minimum atomic E-state index is -4.33. The molecule has 0 aliphatic carbocycles.